The van der Waals surface area contributed by atoms with Crippen LogP contribution in [0.25, 0.3) is 34.0 Å². The molecule has 0 spiro atoms. The molecule has 0 aliphatic heterocycles. The van der Waals surface area contributed by atoms with E-state index in [9.17, 15) is 4.39 Å². The van der Waals surface area contributed by atoms with Gasteiger partial charge in [-0.05, 0) is 52.9 Å². The Morgan fingerprint density at radius 2 is 1.53 bits per heavy atom. The second-order valence-electron chi connectivity index (χ2n) is 6.53. The van der Waals surface area contributed by atoms with Crippen LogP contribution in [0.3, 0.4) is 0 Å². The Labute approximate surface area is 176 Å². The van der Waals surface area contributed by atoms with Crippen LogP contribution in [-0.4, -0.2) is 30.0 Å². The molecule has 2 aromatic heterocycles. The molecule has 5 rings (SSSR count). The first kappa shape index (κ1) is 18.2. The zero-order chi connectivity index (χ0) is 20.5. The highest BCUT2D eigenvalue weighted by molar-refractivity contribution is 6.30. The average Bonchev–Trinajstić information content (AvgIpc) is 3.42. The van der Waals surface area contributed by atoms with Gasteiger partial charge in [-0.2, -0.15) is 9.78 Å². The van der Waals surface area contributed by atoms with Gasteiger partial charge in [0.15, 0.2) is 5.82 Å². The van der Waals surface area contributed by atoms with Crippen LogP contribution in [-0.2, 0) is 0 Å². The van der Waals surface area contributed by atoms with Gasteiger partial charge in [0.1, 0.15) is 5.82 Å². The molecule has 6 nitrogen and oxygen atoms in total. The summed E-state index contributed by atoms with van der Waals surface area (Å²) in [6.07, 6.45) is 1.63. The highest BCUT2D eigenvalue weighted by atomic mass is 35.5. The molecule has 5 aromatic rings. The fraction of sp³-hybridized carbons (Fsp3) is 0. The van der Waals surface area contributed by atoms with E-state index in [0.29, 0.717) is 33.4 Å². The second kappa shape index (κ2) is 7.53. The number of benzene rings is 3. The van der Waals surface area contributed by atoms with Crippen molar-refractivity contribution in [2.24, 2.45) is 0 Å². The molecule has 0 radical (unpaired) electrons. The minimum Gasteiger partial charge on any atom is -0.232 e. The topological polar surface area (TPSA) is 61.4 Å². The maximum absolute atomic E-state index is 14.8. The molecule has 0 unspecified atom stereocenters. The number of hydrogen-bond donors (Lipinski definition) is 0. The first-order valence-electron chi connectivity index (χ1n) is 9.15. The predicted molar refractivity (Wildman–Crippen MR) is 112 cm³/mol. The first-order chi connectivity index (χ1) is 14.7. The van der Waals surface area contributed by atoms with Crippen molar-refractivity contribution >= 4 is 11.6 Å². The molecular weight excluding hydrogens is 403 g/mol. The fourth-order valence-corrected chi connectivity index (χ4v) is 3.51. The summed E-state index contributed by atoms with van der Waals surface area (Å²) in [6.45, 7) is 0. The van der Waals surface area contributed by atoms with Gasteiger partial charge in [-0.25, -0.2) is 9.07 Å². The van der Waals surface area contributed by atoms with Crippen molar-refractivity contribution in [3.05, 3.63) is 95.9 Å². The van der Waals surface area contributed by atoms with Crippen LogP contribution in [0.4, 0.5) is 4.39 Å². The van der Waals surface area contributed by atoms with Gasteiger partial charge in [-0.1, -0.05) is 48.0 Å². The van der Waals surface area contributed by atoms with E-state index in [1.54, 1.807) is 45.9 Å². The summed E-state index contributed by atoms with van der Waals surface area (Å²) >= 11 is 6.18. The third kappa shape index (κ3) is 3.15. The summed E-state index contributed by atoms with van der Waals surface area (Å²) in [5.74, 6) is 0.0778. The molecule has 8 heteroatoms. The van der Waals surface area contributed by atoms with E-state index in [0.717, 1.165) is 5.69 Å². The lowest BCUT2D eigenvalue weighted by atomic mass is 10.1. The van der Waals surface area contributed by atoms with Crippen LogP contribution in [0.2, 0.25) is 5.02 Å². The predicted octanol–water partition coefficient (Wildman–Crippen LogP) is 4.97. The average molecular weight is 417 g/mol. The van der Waals surface area contributed by atoms with Gasteiger partial charge < -0.3 is 0 Å². The Hall–Kier alpha value is -3.84. The van der Waals surface area contributed by atoms with E-state index in [4.69, 9.17) is 11.6 Å². The third-order valence-corrected chi connectivity index (χ3v) is 4.90. The zero-order valence-corrected chi connectivity index (χ0v) is 16.3. The Kier molecular flexibility index (Phi) is 4.57. The maximum atomic E-state index is 14.8. The van der Waals surface area contributed by atoms with Gasteiger partial charge in [0.2, 0.25) is 0 Å². The monoisotopic (exact) mass is 416 g/mol. The van der Waals surface area contributed by atoms with Crippen molar-refractivity contribution in [2.45, 2.75) is 0 Å². The van der Waals surface area contributed by atoms with Crippen LogP contribution < -0.4 is 0 Å². The maximum Gasteiger partial charge on any atom is 0.190 e. The van der Waals surface area contributed by atoms with Gasteiger partial charge >= 0.3 is 0 Å². The van der Waals surface area contributed by atoms with Crippen LogP contribution in [0.1, 0.15) is 0 Å². The quantitative estimate of drug-likeness (QED) is 0.415. The van der Waals surface area contributed by atoms with Crippen molar-refractivity contribution < 1.29 is 4.39 Å². The number of aromatic nitrogens is 6. The number of hydrogen-bond acceptors (Lipinski definition) is 4. The summed E-state index contributed by atoms with van der Waals surface area (Å²) in [5.41, 5.74) is 2.99. The van der Waals surface area contributed by atoms with Gasteiger partial charge in [0.05, 0.1) is 28.8 Å². The van der Waals surface area contributed by atoms with Crippen molar-refractivity contribution in [3.63, 3.8) is 0 Å². The van der Waals surface area contributed by atoms with Gasteiger partial charge in [0.25, 0.3) is 0 Å². The van der Waals surface area contributed by atoms with E-state index in [1.807, 2.05) is 42.5 Å². The largest absolute Gasteiger partial charge is 0.232 e. The molecule has 0 bridgehead atoms. The number of tetrazole rings is 1. The van der Waals surface area contributed by atoms with E-state index in [1.165, 1.54) is 6.07 Å². The van der Waals surface area contributed by atoms with Gasteiger partial charge in [-0.3, -0.25) is 0 Å². The molecule has 2 heterocycles. The molecule has 30 heavy (non-hydrogen) atoms. The van der Waals surface area contributed by atoms with Crippen molar-refractivity contribution in [3.8, 4) is 34.0 Å². The van der Waals surface area contributed by atoms with Crippen LogP contribution in [0.15, 0.2) is 85.1 Å². The molecular formula is C22H14ClFN6. The molecule has 146 valence electrons. The molecule has 0 fully saturated rings. The van der Waals surface area contributed by atoms with Crippen LogP contribution in [0.5, 0.6) is 0 Å². The molecule has 0 amide bonds. The molecule has 0 aliphatic carbocycles. The van der Waals surface area contributed by atoms with E-state index in [2.05, 4.69) is 20.6 Å². The zero-order valence-electron chi connectivity index (χ0n) is 15.5. The molecule has 0 atom stereocenters. The summed E-state index contributed by atoms with van der Waals surface area (Å²) in [6, 6.07) is 23.2. The summed E-state index contributed by atoms with van der Waals surface area (Å²) < 4.78 is 18.1. The number of para-hydroxylation sites is 1. The number of halogens is 2. The minimum absolute atomic E-state index is 0.374. The molecule has 3 aromatic carbocycles. The lowest BCUT2D eigenvalue weighted by Gasteiger charge is -2.11. The Morgan fingerprint density at radius 1 is 0.767 bits per heavy atom. The van der Waals surface area contributed by atoms with Gasteiger partial charge in [0, 0.05) is 10.6 Å². The SMILES string of the molecule is Fc1ccccc1-c1c(-c2nnnn2-c2ccccc2)cnn1-c1cccc(Cl)c1. The first-order valence-corrected chi connectivity index (χ1v) is 9.53. The smallest absolute Gasteiger partial charge is 0.190 e. The van der Waals surface area contributed by atoms with E-state index in [-0.39, 0.29) is 5.82 Å². The summed E-state index contributed by atoms with van der Waals surface area (Å²) in [4.78, 5) is 0. The highest BCUT2D eigenvalue weighted by Gasteiger charge is 2.23. The lowest BCUT2D eigenvalue weighted by molar-refractivity contribution is 0.629. The number of rotatable bonds is 4. The Balaban J connectivity index is 1.78. The number of nitrogens with zero attached hydrogens (tertiary/aromatic N) is 6. The standard InChI is InChI=1S/C22H14ClFN6/c23-15-7-6-10-17(13-15)29-21(18-11-4-5-12-20(18)24)19(14-25-29)22-26-27-28-30(22)16-8-2-1-3-9-16/h1-14H. The Bertz CT molecular complexity index is 1330. The van der Waals surface area contributed by atoms with Crippen molar-refractivity contribution in [1.82, 2.24) is 30.0 Å². The van der Waals surface area contributed by atoms with Crippen LogP contribution >= 0.6 is 11.6 Å². The van der Waals surface area contributed by atoms with Gasteiger partial charge in [-0.15, -0.1) is 5.10 Å². The van der Waals surface area contributed by atoms with Crippen LogP contribution in [0, 0.1) is 5.82 Å². The Morgan fingerprint density at radius 3 is 2.33 bits per heavy atom. The molecule has 0 saturated carbocycles. The normalized spacial score (nSPS) is 11.0. The van der Waals surface area contributed by atoms with Crippen molar-refractivity contribution in [2.75, 3.05) is 0 Å². The summed E-state index contributed by atoms with van der Waals surface area (Å²) in [7, 11) is 0. The highest BCUT2D eigenvalue weighted by Crippen LogP contribution is 2.35. The summed E-state index contributed by atoms with van der Waals surface area (Å²) in [5, 5.41) is 17.2. The van der Waals surface area contributed by atoms with E-state index >= 15 is 0 Å². The fourth-order valence-electron chi connectivity index (χ4n) is 3.33. The lowest BCUT2D eigenvalue weighted by Crippen LogP contribution is -2.03. The minimum atomic E-state index is -0.374. The van der Waals surface area contributed by atoms with Crippen molar-refractivity contribution in [1.29, 1.82) is 0 Å². The molecule has 0 aliphatic rings. The third-order valence-electron chi connectivity index (χ3n) is 4.66. The van der Waals surface area contributed by atoms with E-state index < -0.39 is 0 Å². The second-order valence-corrected chi connectivity index (χ2v) is 6.96. The molecule has 0 saturated heterocycles. The molecule has 0 N–H and O–H groups in total.